The fourth-order valence-corrected chi connectivity index (χ4v) is 3.50. The van der Waals surface area contributed by atoms with Crippen LogP contribution in [-0.2, 0) is 17.6 Å². The van der Waals surface area contributed by atoms with Crippen LogP contribution in [0.4, 0.5) is 13.2 Å². The SMILES string of the molecule is C/C(=N/OCc1c(Cl)cccc1Cl)C(C)Sc1ncc(C(F)(F)F)cc1Cl. The van der Waals surface area contributed by atoms with Gasteiger partial charge in [-0.2, -0.15) is 13.2 Å². The number of hydrogen-bond donors (Lipinski definition) is 0. The largest absolute Gasteiger partial charge is 0.417 e. The molecule has 3 nitrogen and oxygen atoms in total. The molecule has 146 valence electrons. The van der Waals surface area contributed by atoms with E-state index in [4.69, 9.17) is 39.6 Å². The Kier molecular flexibility index (Phi) is 7.68. The minimum absolute atomic E-state index is 0.0711. The Morgan fingerprint density at radius 1 is 1.22 bits per heavy atom. The molecule has 0 aliphatic carbocycles. The molecule has 1 aromatic heterocycles. The Hall–Kier alpha value is -1.15. The molecule has 0 bridgehead atoms. The lowest BCUT2D eigenvalue weighted by Crippen LogP contribution is -2.11. The summed E-state index contributed by atoms with van der Waals surface area (Å²) in [6, 6.07) is 5.97. The summed E-state index contributed by atoms with van der Waals surface area (Å²) in [7, 11) is 0. The standard InChI is InChI=1S/C17H14Cl3F3N2OS/c1-9(25-26-8-12-13(18)4-3-5-14(12)19)10(2)27-16-15(20)6-11(7-24-16)17(21,22)23/h3-7,10H,8H2,1-2H3/b25-9-. The van der Waals surface area contributed by atoms with Gasteiger partial charge in [-0.25, -0.2) is 4.98 Å². The second kappa shape index (κ2) is 9.37. The molecule has 0 aliphatic heterocycles. The quantitative estimate of drug-likeness (QED) is 0.263. The summed E-state index contributed by atoms with van der Waals surface area (Å²) < 4.78 is 38.0. The zero-order valence-corrected chi connectivity index (χ0v) is 17.2. The first-order chi connectivity index (χ1) is 12.6. The van der Waals surface area contributed by atoms with Crippen LogP contribution in [0.5, 0.6) is 0 Å². The van der Waals surface area contributed by atoms with Gasteiger partial charge in [-0.05, 0) is 32.0 Å². The van der Waals surface area contributed by atoms with Crippen LogP contribution in [0.25, 0.3) is 0 Å². The number of benzene rings is 1. The third-order valence-corrected chi connectivity index (χ3v) is 5.84. The van der Waals surface area contributed by atoms with Gasteiger partial charge in [0.15, 0.2) is 0 Å². The zero-order valence-electron chi connectivity index (χ0n) is 14.1. The molecule has 27 heavy (non-hydrogen) atoms. The van der Waals surface area contributed by atoms with Gasteiger partial charge in [-0.3, -0.25) is 0 Å². The van der Waals surface area contributed by atoms with Crippen LogP contribution in [0.1, 0.15) is 25.0 Å². The lowest BCUT2D eigenvalue weighted by atomic mass is 10.2. The maximum absolute atomic E-state index is 12.7. The summed E-state index contributed by atoms with van der Waals surface area (Å²) in [5.41, 5.74) is 0.320. The van der Waals surface area contributed by atoms with Gasteiger partial charge >= 0.3 is 6.18 Å². The summed E-state index contributed by atoms with van der Waals surface area (Å²) in [6.45, 7) is 3.63. The number of aromatic nitrogens is 1. The number of thioether (sulfide) groups is 1. The predicted molar refractivity (Wildman–Crippen MR) is 104 cm³/mol. The second-order valence-electron chi connectivity index (χ2n) is 5.48. The van der Waals surface area contributed by atoms with Crippen molar-refractivity contribution in [3.8, 4) is 0 Å². The number of pyridine rings is 1. The van der Waals surface area contributed by atoms with Crippen molar-refractivity contribution in [2.75, 3.05) is 0 Å². The van der Waals surface area contributed by atoms with E-state index in [1.807, 2.05) is 6.92 Å². The maximum Gasteiger partial charge on any atom is 0.417 e. The van der Waals surface area contributed by atoms with E-state index in [1.54, 1.807) is 25.1 Å². The van der Waals surface area contributed by atoms with Gasteiger partial charge in [0.05, 0.1) is 16.3 Å². The number of alkyl halides is 3. The molecular formula is C17H14Cl3F3N2OS. The van der Waals surface area contributed by atoms with Crippen molar-refractivity contribution in [1.82, 2.24) is 4.98 Å². The van der Waals surface area contributed by atoms with Gasteiger partial charge in [-0.1, -0.05) is 57.8 Å². The van der Waals surface area contributed by atoms with E-state index in [-0.39, 0.29) is 21.9 Å². The van der Waals surface area contributed by atoms with Gasteiger partial charge in [0.2, 0.25) is 0 Å². The average Bonchev–Trinajstić information content (AvgIpc) is 2.58. The molecule has 0 N–H and O–H groups in total. The normalized spacial score (nSPS) is 13.6. The van der Waals surface area contributed by atoms with Crippen LogP contribution in [0.2, 0.25) is 15.1 Å². The molecule has 0 saturated carbocycles. The molecule has 0 aliphatic rings. The summed E-state index contributed by atoms with van der Waals surface area (Å²) >= 11 is 19.2. The van der Waals surface area contributed by atoms with Crippen molar-refractivity contribution in [2.45, 2.75) is 36.9 Å². The molecule has 1 aromatic carbocycles. The first-order valence-corrected chi connectivity index (χ1v) is 9.59. The second-order valence-corrected chi connectivity index (χ2v) is 8.03. The Labute approximate surface area is 173 Å². The fraction of sp³-hybridized carbons (Fsp3) is 0.294. The summed E-state index contributed by atoms with van der Waals surface area (Å²) in [5.74, 6) is 0. The molecule has 1 unspecified atom stereocenters. The lowest BCUT2D eigenvalue weighted by molar-refractivity contribution is -0.137. The van der Waals surface area contributed by atoms with Gasteiger partial charge in [-0.15, -0.1) is 0 Å². The summed E-state index contributed by atoms with van der Waals surface area (Å²) in [5, 5.41) is 4.93. The highest BCUT2D eigenvalue weighted by Gasteiger charge is 2.31. The average molecular weight is 458 g/mol. The van der Waals surface area contributed by atoms with Gasteiger partial charge in [0.1, 0.15) is 11.6 Å². The molecule has 0 amide bonds. The lowest BCUT2D eigenvalue weighted by Gasteiger charge is -2.13. The first kappa shape index (κ1) is 22.1. The van der Waals surface area contributed by atoms with Crippen LogP contribution in [0.15, 0.2) is 40.6 Å². The van der Waals surface area contributed by atoms with Gasteiger partial charge in [0, 0.05) is 27.1 Å². The molecular weight excluding hydrogens is 444 g/mol. The summed E-state index contributed by atoms with van der Waals surface area (Å²) in [4.78, 5) is 9.10. The first-order valence-electron chi connectivity index (χ1n) is 7.58. The molecule has 0 radical (unpaired) electrons. The van der Waals surface area contributed by atoms with E-state index in [9.17, 15) is 13.2 Å². The monoisotopic (exact) mass is 456 g/mol. The van der Waals surface area contributed by atoms with Crippen LogP contribution in [0.3, 0.4) is 0 Å². The molecule has 0 fully saturated rings. The van der Waals surface area contributed by atoms with Crippen molar-refractivity contribution in [1.29, 1.82) is 0 Å². The molecule has 10 heteroatoms. The summed E-state index contributed by atoms with van der Waals surface area (Å²) in [6.07, 6.45) is -3.74. The van der Waals surface area contributed by atoms with Crippen LogP contribution < -0.4 is 0 Å². The van der Waals surface area contributed by atoms with Crippen molar-refractivity contribution >= 4 is 52.3 Å². The third kappa shape index (κ3) is 6.17. The molecule has 2 rings (SSSR count). The van der Waals surface area contributed by atoms with Gasteiger partial charge in [0.25, 0.3) is 0 Å². The van der Waals surface area contributed by atoms with E-state index in [0.29, 0.717) is 21.3 Å². The number of halogens is 6. The highest BCUT2D eigenvalue weighted by molar-refractivity contribution is 8.00. The Morgan fingerprint density at radius 3 is 2.41 bits per heavy atom. The minimum atomic E-state index is -4.49. The third-order valence-electron chi connectivity index (χ3n) is 3.49. The molecule has 0 saturated heterocycles. The van der Waals surface area contributed by atoms with Gasteiger partial charge < -0.3 is 4.84 Å². The van der Waals surface area contributed by atoms with Crippen LogP contribution >= 0.6 is 46.6 Å². The number of nitrogens with zero attached hydrogens (tertiary/aromatic N) is 2. The van der Waals surface area contributed by atoms with Crippen LogP contribution in [0, 0.1) is 0 Å². The maximum atomic E-state index is 12.7. The minimum Gasteiger partial charge on any atom is -0.391 e. The number of oxime groups is 1. The molecule has 2 aromatic rings. The molecule has 1 heterocycles. The van der Waals surface area contributed by atoms with E-state index in [2.05, 4.69) is 10.1 Å². The fourth-order valence-electron chi connectivity index (χ4n) is 1.86. The Morgan fingerprint density at radius 2 is 1.85 bits per heavy atom. The van der Waals surface area contributed by atoms with E-state index in [1.165, 1.54) is 11.8 Å². The number of hydrogen-bond acceptors (Lipinski definition) is 4. The van der Waals surface area contributed by atoms with Crippen molar-refractivity contribution in [3.05, 3.63) is 56.7 Å². The highest BCUT2D eigenvalue weighted by atomic mass is 35.5. The van der Waals surface area contributed by atoms with E-state index >= 15 is 0 Å². The van der Waals surface area contributed by atoms with Crippen LogP contribution in [-0.4, -0.2) is 15.9 Å². The predicted octanol–water partition coefficient (Wildman–Crippen LogP) is 7.13. The van der Waals surface area contributed by atoms with Crippen molar-refractivity contribution in [2.24, 2.45) is 5.16 Å². The Balaban J connectivity index is 2.01. The highest BCUT2D eigenvalue weighted by Crippen LogP contribution is 2.35. The molecule has 1 atom stereocenters. The van der Waals surface area contributed by atoms with E-state index < -0.39 is 11.7 Å². The zero-order chi connectivity index (χ0) is 20.2. The topological polar surface area (TPSA) is 34.5 Å². The van der Waals surface area contributed by atoms with E-state index in [0.717, 1.165) is 12.3 Å². The number of rotatable bonds is 6. The van der Waals surface area contributed by atoms with Crippen molar-refractivity contribution < 1.29 is 18.0 Å². The smallest absolute Gasteiger partial charge is 0.391 e. The van der Waals surface area contributed by atoms with Crippen molar-refractivity contribution in [3.63, 3.8) is 0 Å². The molecule has 0 spiro atoms. The Bertz CT molecular complexity index is 826.